The molecule has 0 spiro atoms. The molecule has 1 rings (SSSR count). The van der Waals surface area contributed by atoms with Gasteiger partial charge >= 0.3 is 12.0 Å². The number of amides is 2. The SMILES string of the molecule is CCc1cnc(CNC(=O)NCCCCCC(=O)O)s1. The van der Waals surface area contributed by atoms with E-state index < -0.39 is 5.97 Å². The highest BCUT2D eigenvalue weighted by molar-refractivity contribution is 7.11. The average Bonchev–Trinajstić information content (AvgIpc) is 2.88. The summed E-state index contributed by atoms with van der Waals surface area (Å²) >= 11 is 1.60. The Morgan fingerprint density at radius 1 is 1.30 bits per heavy atom. The number of hydrogen-bond donors (Lipinski definition) is 3. The van der Waals surface area contributed by atoms with Crippen molar-refractivity contribution in [1.29, 1.82) is 0 Å². The van der Waals surface area contributed by atoms with Gasteiger partial charge in [-0.15, -0.1) is 11.3 Å². The molecule has 0 bridgehead atoms. The molecule has 0 radical (unpaired) electrons. The number of aliphatic carboxylic acids is 1. The first-order chi connectivity index (χ1) is 9.61. The fraction of sp³-hybridized carbons (Fsp3) is 0.615. The van der Waals surface area contributed by atoms with Crippen LogP contribution in [0.1, 0.15) is 42.5 Å². The van der Waals surface area contributed by atoms with Crippen molar-refractivity contribution in [2.45, 2.75) is 45.6 Å². The maximum Gasteiger partial charge on any atom is 0.315 e. The molecule has 0 atom stereocenters. The van der Waals surface area contributed by atoms with Gasteiger partial charge in [0.25, 0.3) is 0 Å². The molecule has 1 aromatic rings. The number of nitrogens with one attached hydrogen (secondary N) is 2. The number of unbranched alkanes of at least 4 members (excludes halogenated alkanes) is 2. The van der Waals surface area contributed by atoms with E-state index in [2.05, 4.69) is 22.5 Å². The summed E-state index contributed by atoms with van der Waals surface area (Å²) < 4.78 is 0. The van der Waals surface area contributed by atoms with Gasteiger partial charge in [0.2, 0.25) is 0 Å². The summed E-state index contributed by atoms with van der Waals surface area (Å²) in [4.78, 5) is 27.2. The third-order valence-electron chi connectivity index (χ3n) is 2.70. The van der Waals surface area contributed by atoms with Crippen LogP contribution < -0.4 is 10.6 Å². The van der Waals surface area contributed by atoms with Crippen LogP contribution in [0, 0.1) is 0 Å². The van der Waals surface area contributed by atoms with Crippen LogP contribution in [0.3, 0.4) is 0 Å². The van der Waals surface area contributed by atoms with Gasteiger partial charge in [-0.25, -0.2) is 9.78 Å². The second kappa shape index (κ2) is 9.30. The maximum absolute atomic E-state index is 11.5. The summed E-state index contributed by atoms with van der Waals surface area (Å²) in [5.74, 6) is -0.773. The van der Waals surface area contributed by atoms with E-state index in [9.17, 15) is 9.59 Å². The number of aromatic nitrogens is 1. The van der Waals surface area contributed by atoms with Crippen molar-refractivity contribution in [3.8, 4) is 0 Å². The van der Waals surface area contributed by atoms with Crippen molar-refractivity contribution in [2.24, 2.45) is 0 Å². The predicted molar refractivity (Wildman–Crippen MR) is 77.8 cm³/mol. The fourth-order valence-corrected chi connectivity index (χ4v) is 2.39. The van der Waals surface area contributed by atoms with Crippen molar-refractivity contribution in [2.75, 3.05) is 6.54 Å². The van der Waals surface area contributed by atoms with Gasteiger partial charge in [-0.1, -0.05) is 13.3 Å². The van der Waals surface area contributed by atoms with Gasteiger partial charge in [0.15, 0.2) is 0 Å². The quantitative estimate of drug-likeness (QED) is 0.609. The zero-order valence-electron chi connectivity index (χ0n) is 11.6. The lowest BCUT2D eigenvalue weighted by Crippen LogP contribution is -2.35. The Hall–Kier alpha value is -1.63. The number of urea groups is 1. The molecule has 1 aromatic heterocycles. The van der Waals surface area contributed by atoms with Crippen LogP contribution in [0.15, 0.2) is 6.20 Å². The molecule has 0 aromatic carbocycles. The molecule has 3 N–H and O–H groups in total. The van der Waals surface area contributed by atoms with E-state index in [-0.39, 0.29) is 12.5 Å². The highest BCUT2D eigenvalue weighted by atomic mass is 32.1. The first-order valence-electron chi connectivity index (χ1n) is 6.79. The third-order valence-corrected chi connectivity index (χ3v) is 3.84. The van der Waals surface area contributed by atoms with Crippen molar-refractivity contribution in [3.05, 3.63) is 16.1 Å². The molecule has 0 saturated heterocycles. The average molecular weight is 299 g/mol. The van der Waals surface area contributed by atoms with E-state index in [1.54, 1.807) is 11.3 Å². The lowest BCUT2D eigenvalue weighted by molar-refractivity contribution is -0.137. The molecular weight excluding hydrogens is 278 g/mol. The molecule has 2 amide bonds. The minimum Gasteiger partial charge on any atom is -0.481 e. The van der Waals surface area contributed by atoms with Crippen LogP contribution in [-0.4, -0.2) is 28.6 Å². The van der Waals surface area contributed by atoms with Crippen LogP contribution in [0.5, 0.6) is 0 Å². The van der Waals surface area contributed by atoms with Crippen LogP contribution in [0.4, 0.5) is 4.79 Å². The van der Waals surface area contributed by atoms with Crippen molar-refractivity contribution in [3.63, 3.8) is 0 Å². The van der Waals surface area contributed by atoms with Crippen LogP contribution in [0.2, 0.25) is 0 Å². The topological polar surface area (TPSA) is 91.3 Å². The van der Waals surface area contributed by atoms with E-state index in [1.807, 2.05) is 6.20 Å². The van der Waals surface area contributed by atoms with Gasteiger partial charge < -0.3 is 15.7 Å². The molecule has 20 heavy (non-hydrogen) atoms. The van der Waals surface area contributed by atoms with Crippen LogP contribution >= 0.6 is 11.3 Å². The van der Waals surface area contributed by atoms with Crippen LogP contribution in [-0.2, 0) is 17.8 Å². The number of carboxylic acids is 1. The van der Waals surface area contributed by atoms with E-state index in [0.717, 1.165) is 24.3 Å². The van der Waals surface area contributed by atoms with Gasteiger partial charge in [-0.2, -0.15) is 0 Å². The van der Waals surface area contributed by atoms with E-state index in [4.69, 9.17) is 5.11 Å². The van der Waals surface area contributed by atoms with Gasteiger partial charge in [-0.05, 0) is 19.3 Å². The van der Waals surface area contributed by atoms with Crippen molar-refractivity contribution >= 4 is 23.3 Å². The summed E-state index contributed by atoms with van der Waals surface area (Å²) in [5.41, 5.74) is 0. The lowest BCUT2D eigenvalue weighted by Gasteiger charge is -2.05. The number of hydrogen-bond acceptors (Lipinski definition) is 4. The number of aryl methyl sites for hydroxylation is 1. The zero-order valence-corrected chi connectivity index (χ0v) is 12.5. The Morgan fingerprint density at radius 2 is 2.10 bits per heavy atom. The molecule has 0 aliphatic rings. The minimum absolute atomic E-state index is 0.190. The molecule has 6 nitrogen and oxygen atoms in total. The number of carbonyl (C=O) groups excluding carboxylic acids is 1. The fourth-order valence-electron chi connectivity index (χ4n) is 1.59. The monoisotopic (exact) mass is 299 g/mol. The molecule has 0 aliphatic heterocycles. The Morgan fingerprint density at radius 3 is 2.75 bits per heavy atom. The first-order valence-corrected chi connectivity index (χ1v) is 7.60. The number of carbonyl (C=O) groups is 2. The van der Waals surface area contributed by atoms with Crippen molar-refractivity contribution in [1.82, 2.24) is 15.6 Å². The summed E-state index contributed by atoms with van der Waals surface area (Å²) in [6.07, 6.45) is 5.23. The number of carboxylic acid groups (broad SMARTS) is 1. The second-order valence-corrected chi connectivity index (χ2v) is 5.59. The molecule has 1 heterocycles. The minimum atomic E-state index is -0.773. The molecule has 0 aliphatic carbocycles. The zero-order chi connectivity index (χ0) is 14.8. The Labute approximate surface area is 122 Å². The van der Waals surface area contributed by atoms with Gasteiger partial charge in [-0.3, -0.25) is 4.79 Å². The first kappa shape index (κ1) is 16.4. The standard InChI is InChI=1S/C13H21N3O3S/c1-2-10-8-15-11(20-10)9-16-13(19)14-7-5-3-4-6-12(17)18/h8H,2-7,9H2,1H3,(H,17,18)(H2,14,16,19). The largest absolute Gasteiger partial charge is 0.481 e. The predicted octanol–water partition coefficient (Wildman–Crippen LogP) is 2.15. The van der Waals surface area contributed by atoms with Gasteiger partial charge in [0.05, 0.1) is 6.54 Å². The normalized spacial score (nSPS) is 10.2. The molecule has 112 valence electrons. The summed E-state index contributed by atoms with van der Waals surface area (Å²) in [5, 5.41) is 14.9. The van der Waals surface area contributed by atoms with E-state index in [1.165, 1.54) is 4.88 Å². The smallest absolute Gasteiger partial charge is 0.315 e. The molecule has 7 heteroatoms. The Kier molecular flexibility index (Phi) is 7.64. The van der Waals surface area contributed by atoms with Crippen LogP contribution in [0.25, 0.3) is 0 Å². The number of nitrogens with zero attached hydrogens (tertiary/aromatic N) is 1. The summed E-state index contributed by atoms with van der Waals surface area (Å²) in [6.45, 7) is 3.07. The molecular formula is C13H21N3O3S. The highest BCUT2D eigenvalue weighted by Crippen LogP contribution is 2.12. The van der Waals surface area contributed by atoms with E-state index in [0.29, 0.717) is 19.5 Å². The second-order valence-electron chi connectivity index (χ2n) is 4.39. The number of rotatable bonds is 9. The third kappa shape index (κ3) is 7.08. The lowest BCUT2D eigenvalue weighted by atomic mass is 10.2. The Bertz CT molecular complexity index is 434. The molecule has 0 saturated carbocycles. The number of thiazole rings is 1. The van der Waals surface area contributed by atoms with E-state index >= 15 is 0 Å². The highest BCUT2D eigenvalue weighted by Gasteiger charge is 2.03. The summed E-state index contributed by atoms with van der Waals surface area (Å²) in [6, 6.07) is -0.212. The van der Waals surface area contributed by atoms with Gasteiger partial charge in [0, 0.05) is 24.0 Å². The maximum atomic E-state index is 11.5. The van der Waals surface area contributed by atoms with Crippen molar-refractivity contribution < 1.29 is 14.7 Å². The molecule has 0 fully saturated rings. The van der Waals surface area contributed by atoms with Gasteiger partial charge in [0.1, 0.15) is 5.01 Å². The molecule has 0 unspecified atom stereocenters. The Balaban J connectivity index is 2.04. The summed E-state index contributed by atoms with van der Waals surface area (Å²) in [7, 11) is 0.